The molecule has 0 radical (unpaired) electrons. The SMILES string of the molecule is CCC(CC)C(O)CNCCCOc1ccccc1. The average Bonchev–Trinajstić information content (AvgIpc) is 2.45. The lowest BCUT2D eigenvalue weighted by Gasteiger charge is -2.20. The van der Waals surface area contributed by atoms with E-state index in [-0.39, 0.29) is 6.10 Å². The van der Waals surface area contributed by atoms with Crippen LogP contribution in [0.2, 0.25) is 0 Å². The molecule has 0 aromatic heterocycles. The molecule has 0 spiro atoms. The molecule has 2 N–H and O–H groups in total. The maximum absolute atomic E-state index is 9.95. The van der Waals surface area contributed by atoms with Gasteiger partial charge in [0.2, 0.25) is 0 Å². The standard InChI is InChI=1S/C16H27NO2/c1-3-14(4-2)16(18)13-17-11-8-12-19-15-9-6-5-7-10-15/h5-7,9-10,14,16-18H,3-4,8,11-13H2,1-2H3. The number of aliphatic hydroxyl groups excluding tert-OH is 1. The molecule has 1 aromatic carbocycles. The van der Waals surface area contributed by atoms with Gasteiger partial charge in [0.15, 0.2) is 0 Å². The van der Waals surface area contributed by atoms with Crippen molar-refractivity contribution in [3.63, 3.8) is 0 Å². The van der Waals surface area contributed by atoms with Crippen molar-refractivity contribution in [2.24, 2.45) is 5.92 Å². The van der Waals surface area contributed by atoms with Crippen LogP contribution in [0.3, 0.4) is 0 Å². The van der Waals surface area contributed by atoms with Crippen LogP contribution in [0.1, 0.15) is 33.1 Å². The van der Waals surface area contributed by atoms with Crippen LogP contribution >= 0.6 is 0 Å². The summed E-state index contributed by atoms with van der Waals surface area (Å²) in [7, 11) is 0. The van der Waals surface area contributed by atoms with Crippen molar-refractivity contribution in [2.45, 2.75) is 39.2 Å². The summed E-state index contributed by atoms with van der Waals surface area (Å²) in [4.78, 5) is 0. The first-order chi connectivity index (χ1) is 9.27. The summed E-state index contributed by atoms with van der Waals surface area (Å²) in [5.74, 6) is 1.33. The number of hydrogen-bond donors (Lipinski definition) is 2. The lowest BCUT2D eigenvalue weighted by molar-refractivity contribution is 0.101. The first-order valence-electron chi connectivity index (χ1n) is 7.34. The number of aliphatic hydroxyl groups is 1. The minimum absolute atomic E-state index is 0.231. The van der Waals surface area contributed by atoms with Gasteiger partial charge in [0, 0.05) is 6.54 Å². The van der Waals surface area contributed by atoms with Gasteiger partial charge in [-0.1, -0.05) is 44.9 Å². The Morgan fingerprint density at radius 1 is 1.16 bits per heavy atom. The molecule has 0 saturated carbocycles. The van der Waals surface area contributed by atoms with Crippen molar-refractivity contribution in [3.05, 3.63) is 30.3 Å². The van der Waals surface area contributed by atoms with Crippen LogP contribution in [0.4, 0.5) is 0 Å². The fourth-order valence-corrected chi connectivity index (χ4v) is 2.15. The highest BCUT2D eigenvalue weighted by molar-refractivity contribution is 5.20. The Morgan fingerprint density at radius 2 is 1.84 bits per heavy atom. The van der Waals surface area contributed by atoms with Crippen molar-refractivity contribution < 1.29 is 9.84 Å². The monoisotopic (exact) mass is 265 g/mol. The minimum Gasteiger partial charge on any atom is -0.494 e. The summed E-state index contributed by atoms with van der Waals surface area (Å²) >= 11 is 0. The summed E-state index contributed by atoms with van der Waals surface area (Å²) in [6, 6.07) is 9.85. The lowest BCUT2D eigenvalue weighted by atomic mass is 9.96. The highest BCUT2D eigenvalue weighted by Gasteiger charge is 2.14. The van der Waals surface area contributed by atoms with Crippen LogP contribution in [0, 0.1) is 5.92 Å². The van der Waals surface area contributed by atoms with E-state index in [0.717, 1.165) is 31.6 Å². The Kier molecular flexibility index (Phi) is 8.26. The molecule has 1 unspecified atom stereocenters. The number of nitrogens with one attached hydrogen (secondary N) is 1. The molecule has 0 fully saturated rings. The van der Waals surface area contributed by atoms with Gasteiger partial charge in [0.25, 0.3) is 0 Å². The molecule has 0 saturated heterocycles. The Labute approximate surface area is 117 Å². The molecule has 0 aliphatic carbocycles. The summed E-state index contributed by atoms with van der Waals surface area (Å²) in [6.45, 7) is 6.52. The molecule has 0 bridgehead atoms. The van der Waals surface area contributed by atoms with E-state index in [4.69, 9.17) is 4.74 Å². The van der Waals surface area contributed by atoms with E-state index >= 15 is 0 Å². The largest absolute Gasteiger partial charge is 0.494 e. The predicted octanol–water partition coefficient (Wildman–Crippen LogP) is 2.84. The highest BCUT2D eigenvalue weighted by Crippen LogP contribution is 2.12. The second-order valence-corrected chi connectivity index (χ2v) is 4.86. The number of benzene rings is 1. The van der Waals surface area contributed by atoms with Crippen LogP contribution < -0.4 is 10.1 Å². The van der Waals surface area contributed by atoms with Crippen LogP contribution in [0.5, 0.6) is 5.75 Å². The summed E-state index contributed by atoms with van der Waals surface area (Å²) in [6.07, 6.45) is 2.79. The molecule has 108 valence electrons. The normalized spacial score (nSPS) is 12.6. The van der Waals surface area contributed by atoms with Crippen molar-refractivity contribution in [1.29, 1.82) is 0 Å². The fraction of sp³-hybridized carbons (Fsp3) is 0.625. The second-order valence-electron chi connectivity index (χ2n) is 4.86. The van der Waals surface area contributed by atoms with Crippen LogP contribution in [-0.2, 0) is 0 Å². The maximum Gasteiger partial charge on any atom is 0.119 e. The van der Waals surface area contributed by atoms with Gasteiger partial charge >= 0.3 is 0 Å². The molecule has 19 heavy (non-hydrogen) atoms. The molecule has 1 aromatic rings. The van der Waals surface area contributed by atoms with Crippen LogP contribution in [0.25, 0.3) is 0 Å². The molecule has 1 rings (SSSR count). The number of hydrogen-bond acceptors (Lipinski definition) is 3. The molecule has 3 nitrogen and oxygen atoms in total. The topological polar surface area (TPSA) is 41.5 Å². The molecular weight excluding hydrogens is 238 g/mol. The van der Waals surface area contributed by atoms with Crippen LogP contribution in [-0.4, -0.2) is 30.9 Å². The minimum atomic E-state index is -0.231. The van der Waals surface area contributed by atoms with Crippen molar-refractivity contribution in [2.75, 3.05) is 19.7 Å². The third kappa shape index (κ3) is 6.60. The molecule has 0 aliphatic rings. The second kappa shape index (κ2) is 9.82. The van der Waals surface area contributed by atoms with Gasteiger partial charge in [-0.2, -0.15) is 0 Å². The number of ether oxygens (including phenoxy) is 1. The van der Waals surface area contributed by atoms with Crippen molar-refractivity contribution in [1.82, 2.24) is 5.32 Å². The van der Waals surface area contributed by atoms with E-state index in [1.54, 1.807) is 0 Å². The van der Waals surface area contributed by atoms with Gasteiger partial charge in [-0.15, -0.1) is 0 Å². The Balaban J connectivity index is 2.02. The molecule has 0 aliphatic heterocycles. The average molecular weight is 265 g/mol. The number of para-hydroxylation sites is 1. The quantitative estimate of drug-likeness (QED) is 0.639. The van der Waals surface area contributed by atoms with E-state index in [9.17, 15) is 5.11 Å². The van der Waals surface area contributed by atoms with Gasteiger partial charge in [0.1, 0.15) is 5.75 Å². The Hall–Kier alpha value is -1.06. The zero-order valence-electron chi connectivity index (χ0n) is 12.1. The van der Waals surface area contributed by atoms with E-state index in [2.05, 4.69) is 19.2 Å². The fourth-order valence-electron chi connectivity index (χ4n) is 2.15. The molecular formula is C16H27NO2. The Bertz CT molecular complexity index is 312. The van der Waals surface area contributed by atoms with Gasteiger partial charge in [-0.25, -0.2) is 0 Å². The molecule has 3 heteroatoms. The van der Waals surface area contributed by atoms with Gasteiger partial charge in [-0.05, 0) is 31.0 Å². The lowest BCUT2D eigenvalue weighted by Crippen LogP contribution is -2.33. The number of rotatable bonds is 10. The first-order valence-corrected chi connectivity index (χ1v) is 7.34. The third-order valence-corrected chi connectivity index (χ3v) is 3.46. The zero-order valence-corrected chi connectivity index (χ0v) is 12.1. The molecule has 1 atom stereocenters. The molecule has 0 heterocycles. The van der Waals surface area contributed by atoms with E-state index in [1.165, 1.54) is 0 Å². The van der Waals surface area contributed by atoms with Gasteiger partial charge < -0.3 is 15.2 Å². The zero-order chi connectivity index (χ0) is 13.9. The summed E-state index contributed by atoms with van der Waals surface area (Å²) in [5.41, 5.74) is 0. The van der Waals surface area contributed by atoms with Gasteiger partial charge in [0.05, 0.1) is 12.7 Å². The highest BCUT2D eigenvalue weighted by atomic mass is 16.5. The van der Waals surface area contributed by atoms with E-state index in [1.807, 2.05) is 30.3 Å². The maximum atomic E-state index is 9.95. The van der Waals surface area contributed by atoms with E-state index < -0.39 is 0 Å². The first kappa shape index (κ1) is 16.0. The molecule has 0 amide bonds. The third-order valence-electron chi connectivity index (χ3n) is 3.46. The van der Waals surface area contributed by atoms with Crippen molar-refractivity contribution in [3.8, 4) is 5.75 Å². The summed E-state index contributed by atoms with van der Waals surface area (Å²) in [5, 5.41) is 13.2. The van der Waals surface area contributed by atoms with E-state index in [0.29, 0.717) is 19.1 Å². The predicted molar refractivity (Wildman–Crippen MR) is 79.5 cm³/mol. The van der Waals surface area contributed by atoms with Crippen molar-refractivity contribution >= 4 is 0 Å². The van der Waals surface area contributed by atoms with Crippen LogP contribution in [0.15, 0.2) is 30.3 Å². The van der Waals surface area contributed by atoms with Gasteiger partial charge in [-0.3, -0.25) is 0 Å². The Morgan fingerprint density at radius 3 is 2.47 bits per heavy atom. The summed E-state index contributed by atoms with van der Waals surface area (Å²) < 4.78 is 5.60. The smallest absolute Gasteiger partial charge is 0.119 e.